The number of anilines is 1. The molecule has 0 bridgehead atoms. The van der Waals surface area contributed by atoms with Crippen LogP contribution in [0.1, 0.15) is 29.2 Å². The molecule has 2 heterocycles. The summed E-state index contributed by atoms with van der Waals surface area (Å²) in [6.45, 7) is 1.44. The topological polar surface area (TPSA) is 67.8 Å². The van der Waals surface area contributed by atoms with Crippen molar-refractivity contribution in [3.05, 3.63) is 47.2 Å². The van der Waals surface area contributed by atoms with Crippen LogP contribution in [0.3, 0.4) is 0 Å². The number of hydrogen-bond donors (Lipinski definition) is 1. The van der Waals surface area contributed by atoms with E-state index in [-0.39, 0.29) is 23.7 Å². The van der Waals surface area contributed by atoms with Gasteiger partial charge in [-0.3, -0.25) is 4.79 Å². The number of rotatable bonds is 2. The number of hydrogen-bond acceptors (Lipinski definition) is 4. The van der Waals surface area contributed by atoms with Gasteiger partial charge >= 0.3 is 6.18 Å². The molecule has 2 aromatic rings. The van der Waals surface area contributed by atoms with Crippen LogP contribution in [-0.4, -0.2) is 20.9 Å². The number of alkyl halides is 3. The van der Waals surface area contributed by atoms with Gasteiger partial charge in [0.05, 0.1) is 0 Å². The Morgan fingerprint density at radius 2 is 2.08 bits per heavy atom. The average Bonchev–Trinajstić information content (AvgIpc) is 2.53. The number of carbonyl (C=O) groups excluding carboxylic acids is 1. The van der Waals surface area contributed by atoms with E-state index in [4.69, 9.17) is 0 Å². The molecule has 0 radical (unpaired) electrons. The molecule has 1 N–H and O–H groups in total. The number of aromatic nitrogens is 3. The largest absolute Gasteiger partial charge is 0.433 e. The monoisotopic (exact) mass is 336 g/mol. The van der Waals surface area contributed by atoms with Crippen molar-refractivity contribution in [2.45, 2.75) is 32.4 Å². The van der Waals surface area contributed by atoms with E-state index in [2.05, 4.69) is 20.3 Å². The van der Waals surface area contributed by atoms with Crippen LogP contribution >= 0.6 is 0 Å². The van der Waals surface area contributed by atoms with Crippen molar-refractivity contribution in [2.24, 2.45) is 5.92 Å². The van der Waals surface area contributed by atoms with Gasteiger partial charge in [-0.25, -0.2) is 15.0 Å². The highest BCUT2D eigenvalue weighted by molar-refractivity contribution is 5.92. The number of nitrogens with zero attached hydrogens (tertiary/aromatic N) is 3. The Bertz CT molecular complexity index is 762. The lowest BCUT2D eigenvalue weighted by atomic mass is 9.85. The number of pyridine rings is 1. The first kappa shape index (κ1) is 16.4. The van der Waals surface area contributed by atoms with Gasteiger partial charge in [-0.1, -0.05) is 6.07 Å². The van der Waals surface area contributed by atoms with Crippen molar-refractivity contribution in [2.75, 3.05) is 5.32 Å². The van der Waals surface area contributed by atoms with E-state index in [1.807, 2.05) is 0 Å². The molecule has 0 aromatic carbocycles. The minimum absolute atomic E-state index is 0.0247. The van der Waals surface area contributed by atoms with Crippen molar-refractivity contribution < 1.29 is 18.0 Å². The Kier molecular flexibility index (Phi) is 4.21. The van der Waals surface area contributed by atoms with E-state index >= 15 is 0 Å². The summed E-state index contributed by atoms with van der Waals surface area (Å²) in [6, 6.07) is 5.06. The third-order valence-corrected chi connectivity index (χ3v) is 3.94. The molecule has 8 heteroatoms. The molecule has 0 saturated carbocycles. The summed E-state index contributed by atoms with van der Waals surface area (Å²) in [4.78, 5) is 24.0. The molecule has 0 unspecified atom stereocenters. The molecule has 1 aliphatic carbocycles. The molecule has 5 nitrogen and oxygen atoms in total. The first-order valence-corrected chi connectivity index (χ1v) is 7.50. The smallest absolute Gasteiger partial charge is 0.310 e. The molecule has 3 rings (SSSR count). The number of fused-ring (bicyclic) bond motifs is 1. The van der Waals surface area contributed by atoms with E-state index < -0.39 is 17.8 Å². The van der Waals surface area contributed by atoms with Crippen LogP contribution in [0.25, 0.3) is 0 Å². The minimum atomic E-state index is -4.56. The fourth-order valence-electron chi connectivity index (χ4n) is 2.86. The summed E-state index contributed by atoms with van der Waals surface area (Å²) in [5.41, 5.74) is -0.516. The summed E-state index contributed by atoms with van der Waals surface area (Å²) < 4.78 is 39.7. The second-order valence-electron chi connectivity index (χ2n) is 5.69. The Balaban J connectivity index is 1.85. The van der Waals surface area contributed by atoms with Gasteiger partial charge in [0.15, 0.2) is 5.69 Å². The number of carbonyl (C=O) groups is 1. The van der Waals surface area contributed by atoms with Gasteiger partial charge in [0, 0.05) is 23.4 Å². The fraction of sp³-hybridized carbons (Fsp3) is 0.375. The molecule has 1 atom stereocenters. The summed E-state index contributed by atoms with van der Waals surface area (Å²) in [5.74, 6) is -0.429. The van der Waals surface area contributed by atoms with Gasteiger partial charge in [-0.05, 0) is 38.3 Å². The van der Waals surface area contributed by atoms with Crippen molar-refractivity contribution in [3.8, 4) is 0 Å². The first-order chi connectivity index (χ1) is 11.3. The number of nitrogens with one attached hydrogen (secondary N) is 1. The van der Waals surface area contributed by atoms with Crippen LogP contribution in [0.5, 0.6) is 0 Å². The Labute approximate surface area is 136 Å². The van der Waals surface area contributed by atoms with Crippen LogP contribution in [0, 0.1) is 12.8 Å². The van der Waals surface area contributed by atoms with E-state index in [0.717, 1.165) is 0 Å². The van der Waals surface area contributed by atoms with Crippen LogP contribution in [0.15, 0.2) is 24.4 Å². The predicted molar refractivity (Wildman–Crippen MR) is 80.2 cm³/mol. The van der Waals surface area contributed by atoms with Crippen LogP contribution < -0.4 is 5.32 Å². The Hall–Kier alpha value is -2.51. The molecular weight excluding hydrogens is 321 g/mol. The van der Waals surface area contributed by atoms with Crippen LogP contribution in [0.4, 0.5) is 19.0 Å². The Morgan fingerprint density at radius 3 is 2.75 bits per heavy atom. The molecule has 1 aliphatic rings. The molecule has 0 aliphatic heterocycles. The highest BCUT2D eigenvalue weighted by atomic mass is 19.4. The quantitative estimate of drug-likeness (QED) is 0.915. The number of aryl methyl sites for hydroxylation is 2. The Morgan fingerprint density at radius 1 is 1.29 bits per heavy atom. The molecule has 126 valence electrons. The molecule has 0 saturated heterocycles. The molecule has 24 heavy (non-hydrogen) atoms. The first-order valence-electron chi connectivity index (χ1n) is 7.50. The lowest BCUT2D eigenvalue weighted by Gasteiger charge is -2.25. The SMILES string of the molecule is Cc1nc2c(c(C(F)(F)F)n1)C[C@H](C(=O)Nc1ccccn1)CC2. The second-order valence-corrected chi connectivity index (χ2v) is 5.69. The highest BCUT2D eigenvalue weighted by Crippen LogP contribution is 2.36. The lowest BCUT2D eigenvalue weighted by Crippen LogP contribution is -2.31. The summed E-state index contributed by atoms with van der Waals surface area (Å²) in [6.07, 6.45) is -2.29. The zero-order valence-corrected chi connectivity index (χ0v) is 12.9. The molecule has 2 aromatic heterocycles. The zero-order chi connectivity index (χ0) is 17.3. The van der Waals surface area contributed by atoms with Crippen molar-refractivity contribution in [1.82, 2.24) is 15.0 Å². The molecular formula is C16H15F3N4O. The minimum Gasteiger partial charge on any atom is -0.310 e. The van der Waals surface area contributed by atoms with Gasteiger partial charge in [0.25, 0.3) is 0 Å². The third-order valence-electron chi connectivity index (χ3n) is 3.94. The van der Waals surface area contributed by atoms with Gasteiger partial charge < -0.3 is 5.32 Å². The molecule has 1 amide bonds. The van der Waals surface area contributed by atoms with Gasteiger partial charge in [0.1, 0.15) is 11.6 Å². The third kappa shape index (κ3) is 3.37. The molecule has 0 spiro atoms. The van der Waals surface area contributed by atoms with E-state index in [0.29, 0.717) is 24.4 Å². The van der Waals surface area contributed by atoms with E-state index in [1.54, 1.807) is 18.2 Å². The maximum absolute atomic E-state index is 13.2. The van der Waals surface area contributed by atoms with Gasteiger partial charge in [-0.2, -0.15) is 13.2 Å². The van der Waals surface area contributed by atoms with Crippen molar-refractivity contribution >= 4 is 11.7 Å². The van der Waals surface area contributed by atoms with Gasteiger partial charge in [-0.15, -0.1) is 0 Å². The second kappa shape index (κ2) is 6.18. The number of halogens is 3. The summed E-state index contributed by atoms with van der Waals surface area (Å²) in [7, 11) is 0. The molecule has 0 fully saturated rings. The maximum atomic E-state index is 13.2. The summed E-state index contributed by atoms with van der Waals surface area (Å²) >= 11 is 0. The van der Waals surface area contributed by atoms with E-state index in [1.165, 1.54) is 13.1 Å². The maximum Gasteiger partial charge on any atom is 0.433 e. The standard InChI is InChI=1S/C16H15F3N4O/c1-9-21-12-6-5-10(8-11(12)14(22-9)16(17,18)19)15(24)23-13-4-2-3-7-20-13/h2-4,7,10H,5-6,8H2,1H3,(H,20,23,24)/t10-/m1/s1. The summed E-state index contributed by atoms with van der Waals surface area (Å²) in [5, 5.41) is 2.64. The van der Waals surface area contributed by atoms with Crippen LogP contribution in [-0.2, 0) is 23.8 Å². The average molecular weight is 336 g/mol. The predicted octanol–water partition coefficient (Wildman–Crippen LogP) is 2.94. The van der Waals surface area contributed by atoms with Crippen LogP contribution in [0.2, 0.25) is 0 Å². The zero-order valence-electron chi connectivity index (χ0n) is 12.9. The van der Waals surface area contributed by atoms with Crippen molar-refractivity contribution in [3.63, 3.8) is 0 Å². The highest BCUT2D eigenvalue weighted by Gasteiger charge is 2.39. The van der Waals surface area contributed by atoms with Crippen molar-refractivity contribution in [1.29, 1.82) is 0 Å². The van der Waals surface area contributed by atoms with E-state index in [9.17, 15) is 18.0 Å². The lowest BCUT2D eigenvalue weighted by molar-refractivity contribution is -0.142. The number of amides is 1. The van der Waals surface area contributed by atoms with Gasteiger partial charge in [0.2, 0.25) is 5.91 Å². The fourth-order valence-corrected chi connectivity index (χ4v) is 2.86. The normalized spacial score (nSPS) is 17.2.